The summed E-state index contributed by atoms with van der Waals surface area (Å²) in [5.41, 5.74) is 3.46. The van der Waals surface area contributed by atoms with Crippen LogP contribution in [0.25, 0.3) is 0 Å². The molecule has 3 rings (SSSR count). The molecular weight excluding hydrogens is 388 g/mol. The largest absolute Gasteiger partial charge is 0.497 e. The molecule has 0 aliphatic carbocycles. The van der Waals surface area contributed by atoms with E-state index in [4.69, 9.17) is 26.3 Å². The van der Waals surface area contributed by atoms with Gasteiger partial charge in [0, 0.05) is 56.2 Å². The molecule has 156 valence electrons. The van der Waals surface area contributed by atoms with E-state index in [2.05, 4.69) is 24.0 Å². The Bertz CT molecular complexity index is 833. The first kappa shape index (κ1) is 21.4. The summed E-state index contributed by atoms with van der Waals surface area (Å²) in [6.07, 6.45) is 2.03. The minimum absolute atomic E-state index is 0.131. The van der Waals surface area contributed by atoms with Crippen molar-refractivity contribution in [2.75, 3.05) is 44.1 Å². The summed E-state index contributed by atoms with van der Waals surface area (Å²) in [5.74, 6) is 3.13. The van der Waals surface area contributed by atoms with Gasteiger partial charge in [-0.05, 0) is 31.0 Å². The maximum Gasteiger partial charge on any atom is 0.223 e. The van der Waals surface area contributed by atoms with E-state index in [1.165, 1.54) is 11.1 Å². The zero-order valence-electron chi connectivity index (χ0n) is 17.4. The van der Waals surface area contributed by atoms with E-state index in [1.807, 2.05) is 24.0 Å². The molecule has 2 heterocycles. The molecule has 7 heteroatoms. The molecule has 0 atom stereocenters. The standard InChI is InChI=1S/C22H29ClN4O2/c1-4-20-19(15-17-5-7-18(29-3)8-6-17)22(25-16(2)24-20)27-13-11-26(12-14-27)21(28)9-10-23/h5-8H,4,9-15H2,1-3H3. The molecule has 29 heavy (non-hydrogen) atoms. The van der Waals surface area contributed by atoms with Crippen LogP contribution in [0.15, 0.2) is 24.3 Å². The number of benzene rings is 1. The number of nitrogens with zero attached hydrogens (tertiary/aromatic N) is 4. The predicted octanol–water partition coefficient (Wildman–Crippen LogP) is 3.22. The van der Waals surface area contributed by atoms with Crippen molar-refractivity contribution in [2.24, 2.45) is 0 Å². The fourth-order valence-corrected chi connectivity index (χ4v) is 3.89. The highest BCUT2D eigenvalue weighted by Gasteiger charge is 2.24. The van der Waals surface area contributed by atoms with Gasteiger partial charge in [-0.1, -0.05) is 19.1 Å². The van der Waals surface area contributed by atoms with E-state index in [-0.39, 0.29) is 5.91 Å². The van der Waals surface area contributed by atoms with Crippen LogP contribution in [-0.2, 0) is 17.6 Å². The summed E-state index contributed by atoms with van der Waals surface area (Å²) >= 11 is 5.73. The number of carbonyl (C=O) groups excluding carboxylic acids is 1. The van der Waals surface area contributed by atoms with Gasteiger partial charge in [0.1, 0.15) is 17.4 Å². The van der Waals surface area contributed by atoms with Crippen LogP contribution in [0.1, 0.15) is 36.0 Å². The van der Waals surface area contributed by atoms with Gasteiger partial charge in [0.05, 0.1) is 7.11 Å². The maximum absolute atomic E-state index is 12.1. The Labute approximate surface area is 177 Å². The summed E-state index contributed by atoms with van der Waals surface area (Å²) in [6, 6.07) is 8.14. The Morgan fingerprint density at radius 3 is 2.41 bits per heavy atom. The van der Waals surface area contributed by atoms with Crippen LogP contribution in [-0.4, -0.2) is 59.9 Å². The summed E-state index contributed by atoms with van der Waals surface area (Å²) in [4.78, 5) is 25.8. The van der Waals surface area contributed by atoms with Gasteiger partial charge in [-0.2, -0.15) is 0 Å². The first-order valence-corrected chi connectivity index (χ1v) is 10.7. The number of ether oxygens (including phenoxy) is 1. The van der Waals surface area contributed by atoms with E-state index in [9.17, 15) is 4.79 Å². The van der Waals surface area contributed by atoms with Crippen molar-refractivity contribution in [3.05, 3.63) is 46.9 Å². The molecule has 1 amide bonds. The number of aromatic nitrogens is 2. The summed E-state index contributed by atoms with van der Waals surface area (Å²) in [7, 11) is 1.67. The van der Waals surface area contributed by atoms with Gasteiger partial charge in [0.25, 0.3) is 0 Å². The number of anilines is 1. The van der Waals surface area contributed by atoms with Gasteiger partial charge in [0.15, 0.2) is 0 Å². The third kappa shape index (κ3) is 5.18. The van der Waals surface area contributed by atoms with Crippen molar-refractivity contribution in [3.8, 4) is 5.75 Å². The van der Waals surface area contributed by atoms with Crippen molar-refractivity contribution in [1.29, 1.82) is 0 Å². The van der Waals surface area contributed by atoms with E-state index in [1.54, 1.807) is 7.11 Å². The third-order valence-electron chi connectivity index (χ3n) is 5.30. The van der Waals surface area contributed by atoms with Crippen molar-refractivity contribution < 1.29 is 9.53 Å². The zero-order valence-corrected chi connectivity index (χ0v) is 18.2. The lowest BCUT2D eigenvalue weighted by atomic mass is 10.0. The molecule has 1 saturated heterocycles. The van der Waals surface area contributed by atoms with Crippen molar-refractivity contribution in [2.45, 2.75) is 33.1 Å². The average Bonchev–Trinajstić information content (AvgIpc) is 2.75. The molecule has 2 aromatic rings. The number of alkyl halides is 1. The van der Waals surface area contributed by atoms with Gasteiger partial charge in [-0.25, -0.2) is 9.97 Å². The van der Waals surface area contributed by atoms with Crippen LogP contribution >= 0.6 is 11.6 Å². The number of hydrogen-bond donors (Lipinski definition) is 0. The zero-order chi connectivity index (χ0) is 20.8. The smallest absolute Gasteiger partial charge is 0.223 e. The second-order valence-electron chi connectivity index (χ2n) is 7.20. The third-order valence-corrected chi connectivity index (χ3v) is 5.49. The second kappa shape index (κ2) is 9.92. The molecule has 1 aromatic heterocycles. The number of methoxy groups -OCH3 is 1. The van der Waals surface area contributed by atoms with Crippen LogP contribution in [0, 0.1) is 6.92 Å². The lowest BCUT2D eigenvalue weighted by molar-refractivity contribution is -0.131. The van der Waals surface area contributed by atoms with E-state index >= 15 is 0 Å². The van der Waals surface area contributed by atoms with E-state index in [0.29, 0.717) is 25.4 Å². The Morgan fingerprint density at radius 1 is 1.14 bits per heavy atom. The molecule has 1 aromatic carbocycles. The molecule has 0 spiro atoms. The predicted molar refractivity (Wildman–Crippen MR) is 116 cm³/mol. The van der Waals surface area contributed by atoms with Gasteiger partial charge in [0.2, 0.25) is 5.91 Å². The van der Waals surface area contributed by atoms with Crippen molar-refractivity contribution in [1.82, 2.24) is 14.9 Å². The fraction of sp³-hybridized carbons (Fsp3) is 0.500. The topological polar surface area (TPSA) is 58.6 Å². The highest BCUT2D eigenvalue weighted by atomic mass is 35.5. The molecular formula is C22H29ClN4O2. The van der Waals surface area contributed by atoms with Crippen LogP contribution < -0.4 is 9.64 Å². The van der Waals surface area contributed by atoms with Crippen molar-refractivity contribution in [3.63, 3.8) is 0 Å². The number of rotatable bonds is 7. The summed E-state index contributed by atoms with van der Waals surface area (Å²) < 4.78 is 5.27. The lowest BCUT2D eigenvalue weighted by Gasteiger charge is -2.36. The molecule has 0 bridgehead atoms. The van der Waals surface area contributed by atoms with Gasteiger partial charge in [-0.3, -0.25) is 4.79 Å². The van der Waals surface area contributed by atoms with Gasteiger partial charge < -0.3 is 14.5 Å². The number of hydrogen-bond acceptors (Lipinski definition) is 5. The SMILES string of the molecule is CCc1nc(C)nc(N2CCN(C(=O)CCCl)CC2)c1Cc1ccc(OC)cc1. The summed E-state index contributed by atoms with van der Waals surface area (Å²) in [6.45, 7) is 7.00. The Morgan fingerprint density at radius 2 is 1.83 bits per heavy atom. The van der Waals surface area contributed by atoms with E-state index in [0.717, 1.165) is 49.0 Å². The Kier molecular flexibility index (Phi) is 7.31. The normalized spacial score (nSPS) is 14.2. The fourth-order valence-electron chi connectivity index (χ4n) is 3.73. The molecule has 1 fully saturated rings. The van der Waals surface area contributed by atoms with Crippen LogP contribution in [0.5, 0.6) is 5.75 Å². The highest BCUT2D eigenvalue weighted by Crippen LogP contribution is 2.26. The first-order chi connectivity index (χ1) is 14.0. The minimum Gasteiger partial charge on any atom is -0.497 e. The molecule has 1 aliphatic rings. The number of halogens is 1. The van der Waals surface area contributed by atoms with Crippen molar-refractivity contribution >= 4 is 23.3 Å². The quantitative estimate of drug-likeness (QED) is 0.648. The Balaban J connectivity index is 1.84. The number of amides is 1. The minimum atomic E-state index is 0.131. The molecule has 1 aliphatic heterocycles. The van der Waals surface area contributed by atoms with Gasteiger partial charge in [-0.15, -0.1) is 11.6 Å². The molecule has 6 nitrogen and oxygen atoms in total. The molecule has 0 saturated carbocycles. The number of piperazine rings is 1. The van der Waals surface area contributed by atoms with Crippen LogP contribution in [0.3, 0.4) is 0 Å². The second-order valence-corrected chi connectivity index (χ2v) is 7.58. The average molecular weight is 417 g/mol. The molecule has 0 radical (unpaired) electrons. The molecule has 0 unspecified atom stereocenters. The lowest BCUT2D eigenvalue weighted by Crippen LogP contribution is -2.49. The highest BCUT2D eigenvalue weighted by molar-refractivity contribution is 6.18. The Hall–Kier alpha value is -2.34. The number of carbonyl (C=O) groups is 1. The summed E-state index contributed by atoms with van der Waals surface area (Å²) in [5, 5.41) is 0. The molecule has 0 N–H and O–H groups in total. The monoisotopic (exact) mass is 416 g/mol. The maximum atomic E-state index is 12.1. The first-order valence-electron chi connectivity index (χ1n) is 10.1. The van der Waals surface area contributed by atoms with Crippen LogP contribution in [0.4, 0.5) is 5.82 Å². The van der Waals surface area contributed by atoms with Gasteiger partial charge >= 0.3 is 0 Å². The van der Waals surface area contributed by atoms with Crippen LogP contribution in [0.2, 0.25) is 0 Å². The van der Waals surface area contributed by atoms with E-state index < -0.39 is 0 Å². The number of aryl methyl sites for hydroxylation is 2.